The Balaban J connectivity index is 1.49. The molecule has 0 fully saturated rings. The molecule has 4 rings (SSSR count). The van der Waals surface area contributed by atoms with E-state index in [1.54, 1.807) is 30.3 Å². The van der Waals surface area contributed by atoms with E-state index in [9.17, 15) is 4.79 Å². The lowest BCUT2D eigenvalue weighted by atomic mass is 10.1. The highest BCUT2D eigenvalue weighted by Crippen LogP contribution is 2.33. The van der Waals surface area contributed by atoms with Crippen LogP contribution in [0, 0.1) is 0 Å². The van der Waals surface area contributed by atoms with Gasteiger partial charge in [-0.3, -0.25) is 9.78 Å². The predicted molar refractivity (Wildman–Crippen MR) is 115 cm³/mol. The van der Waals surface area contributed by atoms with Crippen molar-refractivity contribution in [3.63, 3.8) is 0 Å². The average molecular weight is 462 g/mol. The maximum Gasteiger partial charge on any atom is 0.352 e. The summed E-state index contributed by atoms with van der Waals surface area (Å²) in [6.07, 6.45) is 1.50. The minimum Gasteiger partial charge on any atom is -0.346 e. The highest BCUT2D eigenvalue weighted by Gasteiger charge is 2.12. The lowest BCUT2D eigenvalue weighted by molar-refractivity contribution is -0.210. The number of hydrogen-bond donors (Lipinski definition) is 1. The van der Waals surface area contributed by atoms with Crippen LogP contribution in [0.5, 0.6) is 5.75 Å². The van der Waals surface area contributed by atoms with Gasteiger partial charge in [0.15, 0.2) is 5.75 Å². The summed E-state index contributed by atoms with van der Waals surface area (Å²) in [7, 11) is 0. The molecule has 11 heteroatoms. The van der Waals surface area contributed by atoms with Gasteiger partial charge in [0.25, 0.3) is 0 Å². The van der Waals surface area contributed by atoms with Gasteiger partial charge in [0.2, 0.25) is 5.95 Å². The van der Waals surface area contributed by atoms with Gasteiger partial charge < -0.3 is 5.32 Å². The number of hydrogen-bond acceptors (Lipinski definition) is 9. The van der Waals surface area contributed by atoms with Gasteiger partial charge in [-0.1, -0.05) is 29.3 Å². The highest BCUT2D eigenvalue weighted by atomic mass is 35.5. The van der Waals surface area contributed by atoms with Gasteiger partial charge in [0.1, 0.15) is 5.01 Å². The van der Waals surface area contributed by atoms with E-state index in [1.165, 1.54) is 24.5 Å². The monoisotopic (exact) mass is 461 g/mol. The Morgan fingerprint density at radius 2 is 1.97 bits per heavy atom. The van der Waals surface area contributed by atoms with Crippen LogP contribution in [0.1, 0.15) is 11.9 Å². The van der Waals surface area contributed by atoms with E-state index in [0.29, 0.717) is 39.5 Å². The van der Waals surface area contributed by atoms with Crippen molar-refractivity contribution < 1.29 is 14.6 Å². The van der Waals surface area contributed by atoms with Crippen LogP contribution in [-0.2, 0) is 16.2 Å². The van der Waals surface area contributed by atoms with Crippen LogP contribution >= 0.6 is 34.5 Å². The lowest BCUT2D eigenvalue weighted by Crippen LogP contribution is -2.05. The van der Waals surface area contributed by atoms with Crippen LogP contribution in [0.15, 0.2) is 42.6 Å². The Bertz CT molecular complexity index is 1210. The average Bonchev–Trinajstić information content (AvgIpc) is 3.13. The normalized spacial score (nSPS) is 10.8. The van der Waals surface area contributed by atoms with Crippen molar-refractivity contribution in [3.8, 4) is 17.0 Å². The molecule has 0 saturated carbocycles. The fraction of sp³-hybridized carbons (Fsp3) is 0.105. The fourth-order valence-electron chi connectivity index (χ4n) is 2.59. The summed E-state index contributed by atoms with van der Waals surface area (Å²) in [5.74, 6) is 0.174. The molecule has 30 heavy (non-hydrogen) atoms. The van der Waals surface area contributed by atoms with E-state index in [4.69, 9.17) is 28.1 Å². The zero-order valence-electron chi connectivity index (χ0n) is 15.4. The van der Waals surface area contributed by atoms with E-state index < -0.39 is 5.97 Å². The molecule has 0 aliphatic heterocycles. The molecule has 2 aromatic carbocycles. The number of fused-ring (bicyclic) bond motifs is 1. The second-order valence-electron chi connectivity index (χ2n) is 6.01. The summed E-state index contributed by atoms with van der Waals surface area (Å²) in [6.45, 7) is 1.65. The summed E-state index contributed by atoms with van der Waals surface area (Å²) in [6, 6.07) is 10.5. The van der Waals surface area contributed by atoms with Crippen molar-refractivity contribution in [1.29, 1.82) is 0 Å². The largest absolute Gasteiger partial charge is 0.352 e. The predicted octanol–water partition coefficient (Wildman–Crippen LogP) is 4.92. The molecule has 0 aliphatic carbocycles. The number of aromatic nitrogens is 4. The maximum atomic E-state index is 10.9. The Hall–Kier alpha value is -3.01. The van der Waals surface area contributed by atoms with E-state index in [2.05, 4.69) is 30.4 Å². The first-order valence-electron chi connectivity index (χ1n) is 8.62. The number of nitrogens with zero attached hydrogens (tertiary/aromatic N) is 4. The minimum absolute atomic E-state index is 0.321. The number of benzene rings is 2. The third kappa shape index (κ3) is 4.59. The summed E-state index contributed by atoms with van der Waals surface area (Å²) >= 11 is 14.0. The number of carbonyl (C=O) groups excluding carboxylic acids is 1. The molecular weight excluding hydrogens is 449 g/mol. The highest BCUT2D eigenvalue weighted by molar-refractivity contribution is 7.18. The first-order chi connectivity index (χ1) is 14.5. The zero-order chi connectivity index (χ0) is 21.1. The molecule has 0 saturated heterocycles. The Morgan fingerprint density at radius 3 is 2.73 bits per heavy atom. The second-order valence-corrected chi connectivity index (χ2v) is 7.94. The smallest absolute Gasteiger partial charge is 0.346 e. The van der Waals surface area contributed by atoms with E-state index in [0.717, 1.165) is 15.2 Å². The van der Waals surface area contributed by atoms with Crippen LogP contribution < -0.4 is 10.2 Å². The van der Waals surface area contributed by atoms with E-state index >= 15 is 0 Å². The summed E-state index contributed by atoms with van der Waals surface area (Å²) < 4.78 is 0.956. The molecule has 1 N–H and O–H groups in total. The van der Waals surface area contributed by atoms with Gasteiger partial charge in [0, 0.05) is 18.6 Å². The van der Waals surface area contributed by atoms with E-state index in [1.807, 2.05) is 6.07 Å². The molecule has 2 aromatic heterocycles. The van der Waals surface area contributed by atoms with Gasteiger partial charge in [0.05, 0.1) is 38.7 Å². The molecule has 0 aliphatic rings. The molecule has 0 amide bonds. The van der Waals surface area contributed by atoms with Crippen molar-refractivity contribution in [2.24, 2.45) is 0 Å². The van der Waals surface area contributed by atoms with Crippen LogP contribution in [0.4, 0.5) is 5.95 Å². The summed E-state index contributed by atoms with van der Waals surface area (Å²) in [5, 5.41) is 12.8. The van der Waals surface area contributed by atoms with Gasteiger partial charge in [-0.05, 0) is 24.3 Å². The Kier molecular flexibility index (Phi) is 5.93. The van der Waals surface area contributed by atoms with Crippen LogP contribution in [0.3, 0.4) is 0 Å². The molecular formula is C19H13Cl2N5O3S. The molecule has 152 valence electrons. The van der Waals surface area contributed by atoms with Crippen molar-refractivity contribution in [3.05, 3.63) is 57.6 Å². The third-order valence-electron chi connectivity index (χ3n) is 3.83. The quantitative estimate of drug-likeness (QED) is 0.318. The molecule has 0 radical (unpaired) electrons. The third-order valence-corrected chi connectivity index (χ3v) is 5.50. The number of anilines is 1. The molecule has 4 aromatic rings. The summed E-state index contributed by atoms with van der Waals surface area (Å²) in [4.78, 5) is 29.3. The topological polar surface area (TPSA) is 99.1 Å². The van der Waals surface area contributed by atoms with Crippen LogP contribution in [0.25, 0.3) is 21.5 Å². The number of carbonyl (C=O) groups is 1. The van der Waals surface area contributed by atoms with Gasteiger partial charge in [-0.2, -0.15) is 5.10 Å². The zero-order valence-corrected chi connectivity index (χ0v) is 17.8. The molecule has 2 heterocycles. The van der Waals surface area contributed by atoms with Crippen LogP contribution in [0.2, 0.25) is 10.0 Å². The van der Waals surface area contributed by atoms with E-state index in [-0.39, 0.29) is 0 Å². The fourth-order valence-corrected chi connectivity index (χ4v) is 4.06. The SMILES string of the molecule is CC(=O)OOc1ccc2sc(CNc3nncc(-c4c(Cl)cccc4Cl)n3)nc2c1. The van der Waals surface area contributed by atoms with Gasteiger partial charge in [-0.15, -0.1) is 16.4 Å². The minimum atomic E-state index is -0.535. The van der Waals surface area contributed by atoms with Crippen molar-refractivity contribution in [2.45, 2.75) is 13.5 Å². The maximum absolute atomic E-state index is 10.9. The molecule has 0 unspecified atom stereocenters. The van der Waals surface area contributed by atoms with Gasteiger partial charge in [-0.25, -0.2) is 14.8 Å². The van der Waals surface area contributed by atoms with Crippen molar-refractivity contribution in [2.75, 3.05) is 5.32 Å². The molecule has 0 atom stereocenters. The molecule has 0 bridgehead atoms. The standard InChI is InChI=1S/C19H13Cl2N5O3S/c1-10(27)28-29-11-5-6-16-14(7-11)24-17(30-16)9-22-19-25-15(8-23-26-19)18-12(20)3-2-4-13(18)21/h2-8H,9H2,1H3,(H,22,25,26). The van der Waals surface area contributed by atoms with Crippen LogP contribution in [-0.4, -0.2) is 26.1 Å². The van der Waals surface area contributed by atoms with Crippen molar-refractivity contribution in [1.82, 2.24) is 20.2 Å². The number of halogens is 2. The Morgan fingerprint density at radius 1 is 1.17 bits per heavy atom. The first-order valence-corrected chi connectivity index (χ1v) is 10.2. The number of nitrogens with one attached hydrogen (secondary N) is 1. The first kappa shape index (κ1) is 20.3. The number of rotatable bonds is 6. The van der Waals surface area contributed by atoms with Gasteiger partial charge >= 0.3 is 5.97 Å². The van der Waals surface area contributed by atoms with Crippen molar-refractivity contribution >= 4 is 56.7 Å². The summed E-state index contributed by atoms with van der Waals surface area (Å²) in [5.41, 5.74) is 1.83. The molecule has 8 nitrogen and oxygen atoms in total. The molecule has 0 spiro atoms. The second kappa shape index (κ2) is 8.78. The number of thiazole rings is 1. The Labute approximate surface area is 184 Å². The lowest BCUT2D eigenvalue weighted by Gasteiger charge is -2.07.